The molecule has 1 N–H and O–H groups in total. The zero-order chi connectivity index (χ0) is 19.5. The Kier molecular flexibility index (Phi) is 9.60. The second-order valence-electron chi connectivity index (χ2n) is 6.06. The first kappa shape index (κ1) is 21.8. The molecule has 0 unspecified atom stereocenters. The van der Waals surface area contributed by atoms with Gasteiger partial charge in [0.05, 0.1) is 19.8 Å². The number of hydrogen-bond acceptors (Lipinski definition) is 8. The highest BCUT2D eigenvalue weighted by molar-refractivity contribution is 6.01. The Morgan fingerprint density at radius 1 is 1.08 bits per heavy atom. The number of nitrogens with zero attached hydrogens (tertiary/aromatic N) is 1. The lowest BCUT2D eigenvalue weighted by atomic mass is 10.0. The molecule has 0 bridgehead atoms. The van der Waals surface area contributed by atoms with Crippen LogP contribution in [0, 0.1) is 5.92 Å². The maximum atomic E-state index is 12.2. The predicted molar refractivity (Wildman–Crippen MR) is 87.6 cm³/mol. The number of alkyl carbamates (subject to hydrolysis) is 1. The molecule has 1 fully saturated rings. The molecule has 1 atom stereocenters. The highest BCUT2D eigenvalue weighted by atomic mass is 16.7. The Morgan fingerprint density at radius 2 is 1.69 bits per heavy atom. The molecule has 1 saturated heterocycles. The average molecular weight is 374 g/mol. The minimum Gasteiger partial charge on any atom is -0.447 e. The van der Waals surface area contributed by atoms with Crippen molar-refractivity contribution in [2.24, 2.45) is 5.92 Å². The van der Waals surface area contributed by atoms with Crippen molar-refractivity contribution in [1.29, 1.82) is 0 Å². The molecule has 0 aromatic rings. The molecule has 3 amide bonds. The van der Waals surface area contributed by atoms with Crippen LogP contribution in [-0.4, -0.2) is 68.5 Å². The molecule has 0 radical (unpaired) electrons. The van der Waals surface area contributed by atoms with Crippen LogP contribution in [0.3, 0.4) is 0 Å². The van der Waals surface area contributed by atoms with Crippen LogP contribution >= 0.6 is 0 Å². The Hall–Kier alpha value is -2.20. The molecular formula is C16H26N2O8. The Bertz CT molecular complexity index is 492. The van der Waals surface area contributed by atoms with E-state index >= 15 is 0 Å². The third-order valence-electron chi connectivity index (χ3n) is 3.36. The van der Waals surface area contributed by atoms with E-state index in [0.29, 0.717) is 18.3 Å². The minimum absolute atomic E-state index is 0.000494. The molecule has 1 heterocycles. The van der Waals surface area contributed by atoms with Crippen molar-refractivity contribution >= 4 is 23.9 Å². The second kappa shape index (κ2) is 11.4. The Morgan fingerprint density at radius 3 is 2.27 bits per heavy atom. The van der Waals surface area contributed by atoms with Crippen LogP contribution in [0.15, 0.2) is 0 Å². The van der Waals surface area contributed by atoms with Crippen LogP contribution in [0.4, 0.5) is 4.79 Å². The number of carbonyl (C=O) groups excluding carboxylic acids is 4. The molecule has 0 saturated carbocycles. The summed E-state index contributed by atoms with van der Waals surface area (Å²) < 4.78 is 14.9. The smallest absolute Gasteiger partial charge is 0.407 e. The van der Waals surface area contributed by atoms with E-state index in [1.165, 1.54) is 0 Å². The molecule has 26 heavy (non-hydrogen) atoms. The van der Waals surface area contributed by atoms with Gasteiger partial charge < -0.3 is 24.4 Å². The average Bonchev–Trinajstić information content (AvgIpc) is 2.89. The molecular weight excluding hydrogens is 348 g/mol. The molecule has 1 aliphatic heterocycles. The highest BCUT2D eigenvalue weighted by Crippen LogP contribution is 2.14. The summed E-state index contributed by atoms with van der Waals surface area (Å²) >= 11 is 0. The summed E-state index contributed by atoms with van der Waals surface area (Å²) in [5.74, 6) is -2.00. The van der Waals surface area contributed by atoms with E-state index in [4.69, 9.17) is 19.0 Å². The van der Waals surface area contributed by atoms with Crippen molar-refractivity contribution in [2.75, 3.05) is 33.5 Å². The van der Waals surface area contributed by atoms with Gasteiger partial charge in [-0.3, -0.25) is 9.59 Å². The maximum Gasteiger partial charge on any atom is 0.407 e. The Labute approximate surface area is 152 Å². The van der Waals surface area contributed by atoms with Gasteiger partial charge >= 0.3 is 12.1 Å². The molecule has 0 aromatic heterocycles. The number of carbonyl (C=O) groups is 4. The molecule has 0 aliphatic carbocycles. The first-order valence-corrected chi connectivity index (χ1v) is 8.42. The summed E-state index contributed by atoms with van der Waals surface area (Å²) in [4.78, 5) is 52.0. The van der Waals surface area contributed by atoms with Gasteiger partial charge in [-0.2, -0.15) is 0 Å². The van der Waals surface area contributed by atoms with Crippen molar-refractivity contribution in [3.8, 4) is 0 Å². The van der Waals surface area contributed by atoms with Gasteiger partial charge in [0.15, 0.2) is 0 Å². The van der Waals surface area contributed by atoms with Crippen molar-refractivity contribution in [3.05, 3.63) is 0 Å². The topological polar surface area (TPSA) is 120 Å². The first-order valence-electron chi connectivity index (χ1n) is 8.42. The minimum atomic E-state index is -1.04. The molecule has 1 aliphatic rings. The van der Waals surface area contributed by atoms with Gasteiger partial charge in [-0.05, 0) is 12.3 Å². The third-order valence-corrected chi connectivity index (χ3v) is 3.36. The summed E-state index contributed by atoms with van der Waals surface area (Å²) in [5.41, 5.74) is 0. The molecule has 148 valence electrons. The second-order valence-corrected chi connectivity index (χ2v) is 6.06. The summed E-state index contributed by atoms with van der Waals surface area (Å²) in [6, 6.07) is -1.04. The number of nitrogens with one attached hydrogen (secondary N) is 1. The van der Waals surface area contributed by atoms with Gasteiger partial charge in [-0.15, -0.1) is 5.06 Å². The van der Waals surface area contributed by atoms with Crippen LogP contribution < -0.4 is 5.32 Å². The van der Waals surface area contributed by atoms with Crippen LogP contribution in [-0.2, 0) is 33.4 Å². The van der Waals surface area contributed by atoms with Crippen LogP contribution in [0.1, 0.15) is 33.1 Å². The van der Waals surface area contributed by atoms with E-state index in [1.54, 1.807) is 7.11 Å². The standard InChI is InChI=1S/C16H26N2O8/c1-11(2)10-12(15(21)26-18-13(19)4-5-14(18)20)17-16(22)25-9-8-24-7-6-23-3/h11-12H,4-10H2,1-3H3,(H,17,22)/t12-/m0/s1. The SMILES string of the molecule is COCCOCCOC(=O)N[C@@H](CC(C)C)C(=O)ON1C(=O)CCC1=O. The van der Waals surface area contributed by atoms with E-state index in [9.17, 15) is 19.2 Å². The summed E-state index contributed by atoms with van der Waals surface area (Å²) in [7, 11) is 1.55. The zero-order valence-electron chi connectivity index (χ0n) is 15.3. The van der Waals surface area contributed by atoms with Gasteiger partial charge in [0.25, 0.3) is 11.8 Å². The number of ether oxygens (including phenoxy) is 3. The van der Waals surface area contributed by atoms with E-state index < -0.39 is 29.9 Å². The lowest BCUT2D eigenvalue weighted by Gasteiger charge is -2.21. The molecule has 0 aromatic carbocycles. The van der Waals surface area contributed by atoms with E-state index in [2.05, 4.69) is 5.32 Å². The van der Waals surface area contributed by atoms with Gasteiger partial charge in [0.2, 0.25) is 0 Å². The summed E-state index contributed by atoms with van der Waals surface area (Å²) in [5, 5.41) is 2.84. The van der Waals surface area contributed by atoms with Crippen LogP contribution in [0.5, 0.6) is 0 Å². The fourth-order valence-corrected chi connectivity index (χ4v) is 2.12. The monoisotopic (exact) mass is 374 g/mol. The maximum absolute atomic E-state index is 12.2. The number of hydrogen-bond donors (Lipinski definition) is 1. The van der Waals surface area contributed by atoms with Gasteiger partial charge in [-0.1, -0.05) is 13.8 Å². The molecule has 10 nitrogen and oxygen atoms in total. The lowest BCUT2D eigenvalue weighted by molar-refractivity contribution is -0.199. The normalized spacial score (nSPS) is 15.3. The molecule has 10 heteroatoms. The molecule has 1 rings (SSSR count). The van der Waals surface area contributed by atoms with Crippen LogP contribution in [0.2, 0.25) is 0 Å². The Balaban J connectivity index is 2.46. The lowest BCUT2D eigenvalue weighted by Crippen LogP contribution is -2.46. The quantitative estimate of drug-likeness (QED) is 0.407. The van der Waals surface area contributed by atoms with Crippen molar-refractivity contribution in [2.45, 2.75) is 39.2 Å². The van der Waals surface area contributed by atoms with Crippen molar-refractivity contribution in [1.82, 2.24) is 10.4 Å². The third kappa shape index (κ3) is 7.79. The number of rotatable bonds is 11. The number of imide groups is 1. The largest absolute Gasteiger partial charge is 0.447 e. The van der Waals surface area contributed by atoms with Gasteiger partial charge in [0.1, 0.15) is 12.6 Å². The highest BCUT2D eigenvalue weighted by Gasteiger charge is 2.35. The van der Waals surface area contributed by atoms with E-state index in [-0.39, 0.29) is 38.4 Å². The van der Waals surface area contributed by atoms with E-state index in [0.717, 1.165) is 0 Å². The van der Waals surface area contributed by atoms with Crippen molar-refractivity contribution in [3.63, 3.8) is 0 Å². The first-order chi connectivity index (χ1) is 12.3. The summed E-state index contributed by atoms with van der Waals surface area (Å²) in [6.45, 7) is 4.70. The molecule has 0 spiro atoms. The number of methoxy groups -OCH3 is 1. The zero-order valence-corrected chi connectivity index (χ0v) is 15.3. The van der Waals surface area contributed by atoms with Crippen molar-refractivity contribution < 1.29 is 38.2 Å². The van der Waals surface area contributed by atoms with Gasteiger partial charge in [-0.25, -0.2) is 9.59 Å². The number of hydroxylamine groups is 2. The van der Waals surface area contributed by atoms with Gasteiger partial charge in [0, 0.05) is 20.0 Å². The fraction of sp³-hybridized carbons (Fsp3) is 0.750. The number of amides is 3. The fourth-order valence-electron chi connectivity index (χ4n) is 2.12. The van der Waals surface area contributed by atoms with Crippen LogP contribution in [0.25, 0.3) is 0 Å². The van der Waals surface area contributed by atoms with E-state index in [1.807, 2.05) is 13.8 Å². The predicted octanol–water partition coefficient (Wildman–Crippen LogP) is 0.398. The summed E-state index contributed by atoms with van der Waals surface area (Å²) in [6.07, 6.45) is -0.560.